The number of carbonyl (C=O) groups is 1. The van der Waals surface area contributed by atoms with Gasteiger partial charge >= 0.3 is 5.97 Å². The van der Waals surface area contributed by atoms with Gasteiger partial charge in [-0.2, -0.15) is 0 Å². The van der Waals surface area contributed by atoms with Crippen molar-refractivity contribution in [3.8, 4) is 0 Å². The summed E-state index contributed by atoms with van der Waals surface area (Å²) >= 11 is 5.83. The Morgan fingerprint density at radius 2 is 2.06 bits per heavy atom. The molecule has 0 bridgehead atoms. The normalized spacial score (nSPS) is 11.3. The van der Waals surface area contributed by atoms with Crippen molar-refractivity contribution in [2.75, 3.05) is 5.32 Å². The number of carboxylic acids is 1. The highest BCUT2D eigenvalue weighted by atomic mass is 35.5. The largest absolute Gasteiger partial charge is 0.478 e. The van der Waals surface area contributed by atoms with Crippen molar-refractivity contribution >= 4 is 23.4 Å². The van der Waals surface area contributed by atoms with Gasteiger partial charge in [-0.15, -0.1) is 0 Å². The lowest BCUT2D eigenvalue weighted by Crippen LogP contribution is -2.27. The van der Waals surface area contributed by atoms with Crippen LogP contribution in [0, 0.1) is 6.92 Å². The lowest BCUT2D eigenvalue weighted by molar-refractivity contribution is 0.0696. The summed E-state index contributed by atoms with van der Waals surface area (Å²) in [5, 5.41) is 12.1. The second kappa shape index (κ2) is 4.29. The third-order valence-electron chi connectivity index (χ3n) is 1.89. The molecule has 5 heteroatoms. The molecule has 0 saturated carbocycles. The zero-order chi connectivity index (χ0) is 12.5. The highest BCUT2D eigenvalue weighted by Crippen LogP contribution is 2.22. The van der Waals surface area contributed by atoms with Gasteiger partial charge in [0.25, 0.3) is 0 Å². The van der Waals surface area contributed by atoms with Crippen LogP contribution < -0.4 is 5.32 Å². The Balaban J connectivity index is 3.15. The molecule has 0 radical (unpaired) electrons. The first-order chi connectivity index (χ1) is 7.20. The van der Waals surface area contributed by atoms with Crippen molar-refractivity contribution in [1.29, 1.82) is 0 Å². The van der Waals surface area contributed by atoms with E-state index in [1.54, 1.807) is 13.0 Å². The molecule has 0 saturated heterocycles. The zero-order valence-corrected chi connectivity index (χ0v) is 10.5. The maximum Gasteiger partial charge on any atom is 0.339 e. The zero-order valence-electron chi connectivity index (χ0n) is 9.76. The molecule has 1 heterocycles. The molecule has 0 unspecified atom stereocenters. The van der Waals surface area contributed by atoms with E-state index in [1.165, 1.54) is 0 Å². The highest BCUT2D eigenvalue weighted by Gasteiger charge is 2.17. The maximum atomic E-state index is 10.9. The van der Waals surface area contributed by atoms with Gasteiger partial charge in [-0.1, -0.05) is 11.6 Å². The van der Waals surface area contributed by atoms with Crippen LogP contribution in [-0.4, -0.2) is 21.6 Å². The molecule has 2 N–H and O–H groups in total. The number of aryl methyl sites for hydroxylation is 1. The van der Waals surface area contributed by atoms with E-state index in [0.29, 0.717) is 11.4 Å². The molecular weight excluding hydrogens is 228 g/mol. The fraction of sp³-hybridized carbons (Fsp3) is 0.455. The van der Waals surface area contributed by atoms with Gasteiger partial charge in [0.2, 0.25) is 0 Å². The van der Waals surface area contributed by atoms with Crippen molar-refractivity contribution in [3.05, 3.63) is 22.3 Å². The highest BCUT2D eigenvalue weighted by molar-refractivity contribution is 6.32. The van der Waals surface area contributed by atoms with Crippen molar-refractivity contribution < 1.29 is 9.90 Å². The Morgan fingerprint density at radius 3 is 2.44 bits per heavy atom. The Labute approximate surface area is 99.6 Å². The molecule has 1 aromatic heterocycles. The number of nitrogens with zero attached hydrogens (tertiary/aromatic N) is 1. The van der Waals surface area contributed by atoms with Crippen molar-refractivity contribution in [1.82, 2.24) is 4.98 Å². The van der Waals surface area contributed by atoms with Crippen molar-refractivity contribution in [3.63, 3.8) is 0 Å². The minimum atomic E-state index is -1.06. The average molecular weight is 243 g/mol. The van der Waals surface area contributed by atoms with Crippen LogP contribution in [-0.2, 0) is 0 Å². The van der Waals surface area contributed by atoms with Crippen LogP contribution in [0.5, 0.6) is 0 Å². The summed E-state index contributed by atoms with van der Waals surface area (Å²) in [4.78, 5) is 14.9. The molecule has 0 aliphatic heterocycles. The number of aromatic carboxylic acids is 1. The van der Waals surface area contributed by atoms with Crippen molar-refractivity contribution in [2.24, 2.45) is 0 Å². The average Bonchev–Trinajstić information content (AvgIpc) is 1.96. The molecule has 4 nitrogen and oxygen atoms in total. The van der Waals surface area contributed by atoms with E-state index in [1.807, 2.05) is 20.8 Å². The number of aromatic nitrogens is 1. The van der Waals surface area contributed by atoms with E-state index >= 15 is 0 Å². The van der Waals surface area contributed by atoms with Crippen LogP contribution in [0.1, 0.15) is 36.7 Å². The molecule has 16 heavy (non-hydrogen) atoms. The van der Waals surface area contributed by atoms with Crippen LogP contribution in [0.15, 0.2) is 6.07 Å². The quantitative estimate of drug-likeness (QED) is 0.783. The monoisotopic (exact) mass is 242 g/mol. The number of hydrogen-bond acceptors (Lipinski definition) is 3. The second-order valence-corrected chi connectivity index (χ2v) is 5.03. The number of halogens is 1. The van der Waals surface area contributed by atoms with Gasteiger partial charge in [-0.05, 0) is 39.3 Å². The van der Waals surface area contributed by atoms with Gasteiger partial charge in [0.15, 0.2) is 0 Å². The minimum absolute atomic E-state index is 0.0132. The molecule has 0 aliphatic rings. The molecule has 0 atom stereocenters. The number of rotatable bonds is 2. The number of hydrogen-bond donors (Lipinski definition) is 2. The Kier molecular flexibility index (Phi) is 3.43. The first-order valence-corrected chi connectivity index (χ1v) is 5.27. The van der Waals surface area contributed by atoms with Gasteiger partial charge in [-0.25, -0.2) is 9.78 Å². The van der Waals surface area contributed by atoms with Crippen LogP contribution >= 0.6 is 11.6 Å². The molecule has 0 fully saturated rings. The first-order valence-electron chi connectivity index (χ1n) is 4.89. The predicted molar refractivity (Wildman–Crippen MR) is 64.3 cm³/mol. The topological polar surface area (TPSA) is 62.2 Å². The third kappa shape index (κ3) is 3.10. The lowest BCUT2D eigenvalue weighted by Gasteiger charge is -2.22. The van der Waals surface area contributed by atoms with Crippen LogP contribution in [0.2, 0.25) is 5.15 Å². The maximum absolute atomic E-state index is 10.9. The standard InChI is InChI=1S/C11H15ClN2O2/c1-6-5-7(14-11(2,3)4)13-9(12)8(6)10(15)16/h5H,1-4H3,(H,13,14)(H,15,16). The fourth-order valence-electron chi connectivity index (χ4n) is 1.34. The summed E-state index contributed by atoms with van der Waals surface area (Å²) in [5.41, 5.74) is 0.508. The smallest absolute Gasteiger partial charge is 0.339 e. The number of carboxylic acid groups (broad SMARTS) is 1. The van der Waals surface area contributed by atoms with E-state index in [4.69, 9.17) is 16.7 Å². The van der Waals surface area contributed by atoms with E-state index in [-0.39, 0.29) is 16.3 Å². The Morgan fingerprint density at radius 1 is 1.50 bits per heavy atom. The Hall–Kier alpha value is -1.29. The summed E-state index contributed by atoms with van der Waals surface area (Å²) in [5.74, 6) is -0.475. The SMILES string of the molecule is Cc1cc(NC(C)(C)C)nc(Cl)c1C(=O)O. The van der Waals surface area contributed by atoms with Gasteiger partial charge in [-0.3, -0.25) is 0 Å². The van der Waals surface area contributed by atoms with Crippen LogP contribution in [0.4, 0.5) is 5.82 Å². The summed E-state index contributed by atoms with van der Waals surface area (Å²) in [6.45, 7) is 7.67. The summed E-state index contributed by atoms with van der Waals surface area (Å²) < 4.78 is 0. The van der Waals surface area contributed by atoms with Gasteiger partial charge < -0.3 is 10.4 Å². The van der Waals surface area contributed by atoms with Gasteiger partial charge in [0, 0.05) is 5.54 Å². The summed E-state index contributed by atoms with van der Waals surface area (Å²) in [6, 6.07) is 1.68. The van der Waals surface area contributed by atoms with Gasteiger partial charge in [0.05, 0.1) is 5.56 Å². The van der Waals surface area contributed by atoms with E-state index in [2.05, 4.69) is 10.3 Å². The molecular formula is C11H15ClN2O2. The minimum Gasteiger partial charge on any atom is -0.478 e. The second-order valence-electron chi connectivity index (χ2n) is 4.67. The third-order valence-corrected chi connectivity index (χ3v) is 2.16. The summed E-state index contributed by atoms with van der Waals surface area (Å²) in [7, 11) is 0. The molecule has 88 valence electrons. The molecule has 0 amide bonds. The van der Waals surface area contributed by atoms with E-state index in [9.17, 15) is 4.79 Å². The number of pyridine rings is 1. The van der Waals surface area contributed by atoms with Crippen LogP contribution in [0.25, 0.3) is 0 Å². The molecule has 0 aromatic carbocycles. The molecule has 1 aromatic rings. The van der Waals surface area contributed by atoms with Crippen LogP contribution in [0.3, 0.4) is 0 Å². The molecule has 1 rings (SSSR count). The number of anilines is 1. The lowest BCUT2D eigenvalue weighted by atomic mass is 10.1. The van der Waals surface area contributed by atoms with Gasteiger partial charge in [0.1, 0.15) is 11.0 Å². The fourth-order valence-corrected chi connectivity index (χ4v) is 1.66. The van der Waals surface area contributed by atoms with E-state index < -0.39 is 5.97 Å². The summed E-state index contributed by atoms with van der Waals surface area (Å²) in [6.07, 6.45) is 0. The molecule has 0 aliphatic carbocycles. The van der Waals surface area contributed by atoms with E-state index in [0.717, 1.165) is 0 Å². The first kappa shape index (κ1) is 12.8. The Bertz CT molecular complexity index is 401. The predicted octanol–water partition coefficient (Wildman–Crippen LogP) is 2.95. The van der Waals surface area contributed by atoms with Crippen molar-refractivity contribution in [2.45, 2.75) is 33.2 Å². The number of nitrogens with one attached hydrogen (secondary N) is 1. The molecule has 0 spiro atoms.